The highest BCUT2D eigenvalue weighted by Crippen LogP contribution is 2.17. The number of aliphatic carboxylic acids is 1. The van der Waals surface area contributed by atoms with E-state index in [2.05, 4.69) is 0 Å². The van der Waals surface area contributed by atoms with Crippen molar-refractivity contribution in [3.05, 3.63) is 10.1 Å². The van der Waals surface area contributed by atoms with Crippen LogP contribution in [0.25, 0.3) is 0 Å². The van der Waals surface area contributed by atoms with Crippen molar-refractivity contribution in [2.45, 2.75) is 44.7 Å². The van der Waals surface area contributed by atoms with Gasteiger partial charge >= 0.3 is 5.97 Å². The Morgan fingerprint density at radius 3 is 2.40 bits per heavy atom. The molecule has 0 spiro atoms. The van der Waals surface area contributed by atoms with Crippen molar-refractivity contribution in [2.24, 2.45) is 5.73 Å². The SMILES string of the molecule is CC(C)(CCCC(N)C(=O)O)[N+](=O)[O-].Cl. The highest BCUT2D eigenvalue weighted by atomic mass is 35.5. The van der Waals surface area contributed by atoms with E-state index in [1.807, 2.05) is 0 Å². The van der Waals surface area contributed by atoms with Crippen LogP contribution in [0, 0.1) is 10.1 Å². The van der Waals surface area contributed by atoms with E-state index in [4.69, 9.17) is 10.8 Å². The molecule has 0 rings (SSSR count). The van der Waals surface area contributed by atoms with Gasteiger partial charge < -0.3 is 10.8 Å². The van der Waals surface area contributed by atoms with E-state index in [1.54, 1.807) is 0 Å². The fourth-order valence-electron chi connectivity index (χ4n) is 0.969. The van der Waals surface area contributed by atoms with Crippen molar-refractivity contribution in [2.75, 3.05) is 0 Å². The average molecular weight is 241 g/mol. The van der Waals surface area contributed by atoms with Crippen molar-refractivity contribution in [1.82, 2.24) is 0 Å². The van der Waals surface area contributed by atoms with Gasteiger partial charge in [0.15, 0.2) is 0 Å². The van der Waals surface area contributed by atoms with Gasteiger partial charge in [0, 0.05) is 25.2 Å². The summed E-state index contributed by atoms with van der Waals surface area (Å²) in [5.41, 5.74) is 4.25. The summed E-state index contributed by atoms with van der Waals surface area (Å²) in [4.78, 5) is 20.5. The van der Waals surface area contributed by atoms with Crippen LogP contribution in [0.15, 0.2) is 0 Å². The monoisotopic (exact) mass is 240 g/mol. The van der Waals surface area contributed by atoms with Gasteiger partial charge in [-0.3, -0.25) is 14.9 Å². The normalized spacial score (nSPS) is 12.7. The molecule has 1 atom stereocenters. The zero-order valence-corrected chi connectivity index (χ0v) is 9.62. The van der Waals surface area contributed by atoms with Gasteiger partial charge in [0.2, 0.25) is 5.54 Å². The summed E-state index contributed by atoms with van der Waals surface area (Å²) in [6.45, 7) is 3.03. The molecule has 0 aliphatic rings. The molecule has 0 amide bonds. The number of hydrogen-bond acceptors (Lipinski definition) is 4. The number of halogens is 1. The lowest BCUT2D eigenvalue weighted by atomic mass is 9.97. The molecule has 90 valence electrons. The van der Waals surface area contributed by atoms with Gasteiger partial charge in [-0.15, -0.1) is 12.4 Å². The Bertz CT molecular complexity index is 233. The first-order chi connectivity index (χ1) is 6.27. The Balaban J connectivity index is 0. The topological polar surface area (TPSA) is 106 Å². The predicted octanol–water partition coefficient (Wildman–Crippen LogP) is 1.05. The molecule has 0 heterocycles. The second-order valence-corrected chi connectivity index (χ2v) is 3.91. The largest absolute Gasteiger partial charge is 0.480 e. The zero-order valence-electron chi connectivity index (χ0n) is 8.80. The van der Waals surface area contributed by atoms with E-state index in [0.29, 0.717) is 12.8 Å². The first-order valence-electron chi connectivity index (χ1n) is 4.40. The van der Waals surface area contributed by atoms with Crippen molar-refractivity contribution in [3.63, 3.8) is 0 Å². The molecule has 0 aromatic carbocycles. The summed E-state index contributed by atoms with van der Waals surface area (Å²) in [7, 11) is 0. The third-order valence-corrected chi connectivity index (χ3v) is 2.12. The van der Waals surface area contributed by atoms with Crippen molar-refractivity contribution in [1.29, 1.82) is 0 Å². The molecule has 15 heavy (non-hydrogen) atoms. The van der Waals surface area contributed by atoms with Gasteiger partial charge in [0.25, 0.3) is 0 Å². The maximum atomic E-state index is 10.5. The van der Waals surface area contributed by atoms with Crippen LogP contribution in [0.3, 0.4) is 0 Å². The maximum Gasteiger partial charge on any atom is 0.320 e. The minimum absolute atomic E-state index is 0. The number of nitrogens with two attached hydrogens (primary N) is 1. The Morgan fingerprint density at radius 1 is 1.60 bits per heavy atom. The lowest BCUT2D eigenvalue weighted by molar-refractivity contribution is -0.561. The fraction of sp³-hybridized carbons (Fsp3) is 0.875. The molecule has 0 saturated heterocycles. The van der Waals surface area contributed by atoms with Crippen molar-refractivity contribution < 1.29 is 14.8 Å². The highest BCUT2D eigenvalue weighted by molar-refractivity contribution is 5.85. The summed E-state index contributed by atoms with van der Waals surface area (Å²) in [6.07, 6.45) is 1.05. The molecule has 0 fully saturated rings. The summed E-state index contributed by atoms with van der Waals surface area (Å²) in [5.74, 6) is -1.07. The number of nitro groups is 1. The Labute approximate surface area is 94.4 Å². The van der Waals surface area contributed by atoms with E-state index in [-0.39, 0.29) is 23.8 Å². The molecule has 0 bridgehead atoms. The third kappa shape index (κ3) is 6.24. The van der Waals surface area contributed by atoms with Crippen LogP contribution in [0.5, 0.6) is 0 Å². The quantitative estimate of drug-likeness (QED) is 0.533. The van der Waals surface area contributed by atoms with Crippen LogP contribution in [-0.4, -0.2) is 27.6 Å². The van der Waals surface area contributed by atoms with Gasteiger partial charge in [0.1, 0.15) is 6.04 Å². The second-order valence-electron chi connectivity index (χ2n) is 3.91. The maximum absolute atomic E-state index is 10.5. The van der Waals surface area contributed by atoms with Gasteiger partial charge in [-0.05, 0) is 12.8 Å². The molecule has 0 saturated carbocycles. The molecule has 1 unspecified atom stereocenters. The molecule has 0 aliphatic heterocycles. The lowest BCUT2D eigenvalue weighted by Crippen LogP contribution is -2.33. The van der Waals surface area contributed by atoms with Gasteiger partial charge in [-0.25, -0.2) is 0 Å². The first kappa shape index (κ1) is 16.5. The molecule has 0 aliphatic carbocycles. The van der Waals surface area contributed by atoms with Gasteiger partial charge in [-0.1, -0.05) is 0 Å². The molecule has 6 nitrogen and oxygen atoms in total. The molecular formula is C8H17ClN2O4. The van der Waals surface area contributed by atoms with Gasteiger partial charge in [0.05, 0.1) is 0 Å². The standard InChI is InChI=1S/C8H16N2O4.ClH/c1-8(2,10(13)14)5-3-4-6(9)7(11)12;/h6H,3-5,9H2,1-2H3,(H,11,12);1H. The van der Waals surface area contributed by atoms with Crippen LogP contribution < -0.4 is 5.73 Å². The summed E-state index contributed by atoms with van der Waals surface area (Å²) in [5, 5.41) is 19.0. The Kier molecular flexibility index (Phi) is 7.25. The number of hydrogen-bond donors (Lipinski definition) is 2. The Morgan fingerprint density at radius 2 is 2.07 bits per heavy atom. The number of carboxylic acids is 1. The number of carbonyl (C=O) groups is 1. The van der Waals surface area contributed by atoms with E-state index >= 15 is 0 Å². The minimum Gasteiger partial charge on any atom is -0.480 e. The first-order valence-corrected chi connectivity index (χ1v) is 4.40. The summed E-state index contributed by atoms with van der Waals surface area (Å²) in [6, 6.07) is -0.919. The van der Waals surface area contributed by atoms with Crippen LogP contribution in [0.4, 0.5) is 0 Å². The van der Waals surface area contributed by atoms with Crippen molar-refractivity contribution >= 4 is 18.4 Å². The van der Waals surface area contributed by atoms with E-state index in [1.165, 1.54) is 13.8 Å². The van der Waals surface area contributed by atoms with Crippen LogP contribution in [0.1, 0.15) is 33.1 Å². The number of rotatable bonds is 6. The zero-order chi connectivity index (χ0) is 11.4. The van der Waals surface area contributed by atoms with Crippen LogP contribution >= 0.6 is 12.4 Å². The molecular weight excluding hydrogens is 224 g/mol. The highest BCUT2D eigenvalue weighted by Gasteiger charge is 2.30. The fourth-order valence-corrected chi connectivity index (χ4v) is 0.969. The van der Waals surface area contributed by atoms with E-state index < -0.39 is 17.6 Å². The average Bonchev–Trinajstić information content (AvgIpc) is 2.03. The predicted molar refractivity (Wildman–Crippen MR) is 57.8 cm³/mol. The molecule has 0 radical (unpaired) electrons. The molecule has 7 heteroatoms. The molecule has 0 aromatic rings. The third-order valence-electron chi connectivity index (χ3n) is 2.12. The van der Waals surface area contributed by atoms with Crippen molar-refractivity contribution in [3.8, 4) is 0 Å². The molecule has 0 aromatic heterocycles. The van der Waals surface area contributed by atoms with Crippen LogP contribution in [-0.2, 0) is 4.79 Å². The summed E-state index contributed by atoms with van der Waals surface area (Å²) >= 11 is 0. The minimum atomic E-state index is -1.07. The Hall–Kier alpha value is -0.880. The smallest absolute Gasteiger partial charge is 0.320 e. The van der Waals surface area contributed by atoms with Gasteiger partial charge in [-0.2, -0.15) is 0 Å². The summed E-state index contributed by atoms with van der Waals surface area (Å²) < 4.78 is 0. The van der Waals surface area contributed by atoms with E-state index in [0.717, 1.165) is 0 Å². The second kappa shape index (κ2) is 6.58. The van der Waals surface area contributed by atoms with E-state index in [9.17, 15) is 14.9 Å². The lowest BCUT2D eigenvalue weighted by Gasteiger charge is -2.15. The number of nitrogens with zero attached hydrogens (tertiary/aromatic N) is 1. The molecule has 3 N–H and O–H groups in total. The number of carboxylic acid groups (broad SMARTS) is 1. The van der Waals surface area contributed by atoms with Crippen LogP contribution in [0.2, 0.25) is 0 Å².